The number of hydrogen-bond donors (Lipinski definition) is 1. The summed E-state index contributed by atoms with van der Waals surface area (Å²) in [5.41, 5.74) is 1.47. The molecule has 4 heterocycles. The first-order valence-corrected chi connectivity index (χ1v) is 7.08. The van der Waals surface area contributed by atoms with Crippen LogP contribution in [-0.2, 0) is 6.54 Å². The third-order valence-electron chi connectivity index (χ3n) is 4.47. The zero-order valence-corrected chi connectivity index (χ0v) is 12.0. The molecule has 3 aliphatic rings. The summed E-state index contributed by atoms with van der Waals surface area (Å²) in [5, 5.41) is 9.22. The first-order chi connectivity index (χ1) is 8.93. The normalized spacial score (nSPS) is 28.2. The lowest BCUT2D eigenvalue weighted by atomic mass is 9.84. The number of rotatable bonds is 2. The third kappa shape index (κ3) is 2.47. The summed E-state index contributed by atoms with van der Waals surface area (Å²) in [6, 6.07) is 5.02. The minimum absolute atomic E-state index is 0.103. The van der Waals surface area contributed by atoms with Gasteiger partial charge in [-0.2, -0.15) is 0 Å². The summed E-state index contributed by atoms with van der Waals surface area (Å²) in [6.45, 7) is 10.2. The lowest BCUT2D eigenvalue weighted by molar-refractivity contribution is -0.0997. The Morgan fingerprint density at radius 1 is 1.26 bits per heavy atom. The van der Waals surface area contributed by atoms with E-state index in [-0.39, 0.29) is 11.4 Å². The Hall–Kier alpha value is -1.13. The van der Waals surface area contributed by atoms with Crippen LogP contribution in [0.15, 0.2) is 18.3 Å². The molecule has 4 nitrogen and oxygen atoms in total. The Morgan fingerprint density at radius 2 is 1.95 bits per heavy atom. The summed E-state index contributed by atoms with van der Waals surface area (Å²) >= 11 is 0. The Balaban J connectivity index is 1.63. The standard InChI is InChI=1S/C15H23N3O/c1-15(2,3)17-9-12-6-13(10-17)18(12)8-11-4-5-14(19)16-7-11/h4-5,7,12-13H,6,8-10H2,1-3H3,(H,16,19). The van der Waals surface area contributed by atoms with Crippen molar-refractivity contribution >= 4 is 0 Å². The van der Waals surface area contributed by atoms with Crippen LogP contribution >= 0.6 is 0 Å². The van der Waals surface area contributed by atoms with Crippen molar-refractivity contribution in [2.45, 2.75) is 51.4 Å². The second kappa shape index (κ2) is 4.46. The van der Waals surface area contributed by atoms with Crippen LogP contribution in [0.5, 0.6) is 5.88 Å². The van der Waals surface area contributed by atoms with Gasteiger partial charge in [-0.25, -0.2) is 4.98 Å². The molecule has 2 atom stereocenters. The molecule has 104 valence electrons. The molecule has 4 rings (SSSR count). The lowest BCUT2D eigenvalue weighted by Gasteiger charge is -2.59. The van der Waals surface area contributed by atoms with Gasteiger partial charge in [-0.3, -0.25) is 9.80 Å². The molecule has 3 fully saturated rings. The quantitative estimate of drug-likeness (QED) is 0.882. The fraction of sp³-hybridized carbons (Fsp3) is 0.667. The van der Waals surface area contributed by atoms with Gasteiger partial charge in [0.15, 0.2) is 0 Å². The summed E-state index contributed by atoms with van der Waals surface area (Å²) in [6.07, 6.45) is 3.11. The molecule has 1 aromatic heterocycles. The van der Waals surface area contributed by atoms with Crippen LogP contribution in [0.4, 0.5) is 0 Å². The highest BCUT2D eigenvalue weighted by Crippen LogP contribution is 2.36. The van der Waals surface area contributed by atoms with Crippen LogP contribution in [-0.4, -0.2) is 50.6 Å². The molecule has 0 aliphatic carbocycles. The molecule has 4 heteroatoms. The van der Waals surface area contributed by atoms with E-state index in [4.69, 9.17) is 0 Å². The van der Waals surface area contributed by atoms with E-state index >= 15 is 0 Å². The van der Waals surface area contributed by atoms with Crippen molar-refractivity contribution in [3.8, 4) is 5.88 Å². The predicted molar refractivity (Wildman–Crippen MR) is 75.0 cm³/mol. The van der Waals surface area contributed by atoms with E-state index in [0.717, 1.165) is 6.54 Å². The number of hydrogen-bond acceptors (Lipinski definition) is 4. The van der Waals surface area contributed by atoms with Crippen LogP contribution in [0.2, 0.25) is 0 Å². The minimum Gasteiger partial charge on any atom is -0.493 e. The van der Waals surface area contributed by atoms with Crippen LogP contribution in [0.1, 0.15) is 32.8 Å². The molecule has 0 aromatic carbocycles. The van der Waals surface area contributed by atoms with Gasteiger partial charge in [0, 0.05) is 49.5 Å². The monoisotopic (exact) mass is 261 g/mol. The molecule has 3 aliphatic heterocycles. The van der Waals surface area contributed by atoms with E-state index in [0.29, 0.717) is 12.1 Å². The molecule has 2 unspecified atom stereocenters. The van der Waals surface area contributed by atoms with Gasteiger partial charge in [-0.05, 0) is 32.8 Å². The second-order valence-corrected chi connectivity index (χ2v) is 6.82. The highest BCUT2D eigenvalue weighted by Gasteiger charge is 2.46. The molecule has 0 amide bonds. The van der Waals surface area contributed by atoms with Crippen molar-refractivity contribution < 1.29 is 5.11 Å². The fourth-order valence-electron chi connectivity index (χ4n) is 3.21. The van der Waals surface area contributed by atoms with Crippen LogP contribution in [0.3, 0.4) is 0 Å². The van der Waals surface area contributed by atoms with E-state index in [1.807, 2.05) is 6.07 Å². The second-order valence-electron chi connectivity index (χ2n) is 6.82. The number of aromatic hydroxyl groups is 1. The molecule has 0 radical (unpaired) electrons. The lowest BCUT2D eigenvalue weighted by Crippen LogP contribution is -2.70. The van der Waals surface area contributed by atoms with Crippen molar-refractivity contribution in [2.75, 3.05) is 13.1 Å². The summed E-state index contributed by atoms with van der Waals surface area (Å²) in [4.78, 5) is 9.13. The summed E-state index contributed by atoms with van der Waals surface area (Å²) in [5.74, 6) is 0.103. The predicted octanol–water partition coefficient (Wildman–Crippen LogP) is 1.84. The van der Waals surface area contributed by atoms with Gasteiger partial charge in [0.1, 0.15) is 0 Å². The van der Waals surface area contributed by atoms with Gasteiger partial charge in [0.2, 0.25) is 5.88 Å². The average molecular weight is 261 g/mol. The van der Waals surface area contributed by atoms with Gasteiger partial charge in [0.05, 0.1) is 0 Å². The Bertz CT molecular complexity index is 439. The Morgan fingerprint density at radius 3 is 2.47 bits per heavy atom. The van der Waals surface area contributed by atoms with Gasteiger partial charge >= 0.3 is 0 Å². The molecule has 0 spiro atoms. The van der Waals surface area contributed by atoms with E-state index < -0.39 is 0 Å². The molecule has 1 aromatic rings. The molecule has 0 saturated carbocycles. The molecule has 3 saturated heterocycles. The van der Waals surface area contributed by atoms with Crippen LogP contribution in [0.25, 0.3) is 0 Å². The van der Waals surface area contributed by atoms with Gasteiger partial charge in [-0.15, -0.1) is 0 Å². The topological polar surface area (TPSA) is 39.6 Å². The first kappa shape index (κ1) is 12.9. The molecular formula is C15H23N3O. The van der Waals surface area contributed by atoms with Crippen molar-refractivity contribution in [2.24, 2.45) is 0 Å². The van der Waals surface area contributed by atoms with Crippen molar-refractivity contribution in [3.63, 3.8) is 0 Å². The molecule has 2 bridgehead atoms. The highest BCUT2D eigenvalue weighted by atomic mass is 16.3. The molecule has 19 heavy (non-hydrogen) atoms. The van der Waals surface area contributed by atoms with Crippen LogP contribution < -0.4 is 0 Å². The third-order valence-corrected chi connectivity index (χ3v) is 4.47. The number of fused-ring (bicyclic) bond motifs is 2. The first-order valence-electron chi connectivity index (χ1n) is 7.08. The maximum Gasteiger partial charge on any atom is 0.210 e. The van der Waals surface area contributed by atoms with Crippen molar-refractivity contribution in [1.29, 1.82) is 0 Å². The average Bonchev–Trinajstić information content (AvgIpc) is 2.37. The van der Waals surface area contributed by atoms with Crippen LogP contribution in [0, 0.1) is 0 Å². The van der Waals surface area contributed by atoms with E-state index in [1.165, 1.54) is 25.1 Å². The molecule has 1 N–H and O–H groups in total. The van der Waals surface area contributed by atoms with Crippen molar-refractivity contribution in [1.82, 2.24) is 14.8 Å². The Labute approximate surface area is 115 Å². The number of nitrogens with zero attached hydrogens (tertiary/aromatic N) is 3. The Kier molecular flexibility index (Phi) is 3.02. The number of aromatic nitrogens is 1. The zero-order chi connectivity index (χ0) is 13.6. The zero-order valence-electron chi connectivity index (χ0n) is 12.0. The smallest absolute Gasteiger partial charge is 0.210 e. The minimum atomic E-state index is 0.103. The van der Waals surface area contributed by atoms with Gasteiger partial charge in [0.25, 0.3) is 0 Å². The summed E-state index contributed by atoms with van der Waals surface area (Å²) < 4.78 is 0. The van der Waals surface area contributed by atoms with Crippen molar-refractivity contribution in [3.05, 3.63) is 23.9 Å². The van der Waals surface area contributed by atoms with E-state index in [1.54, 1.807) is 12.3 Å². The maximum absolute atomic E-state index is 9.22. The maximum atomic E-state index is 9.22. The SMILES string of the molecule is CC(C)(C)N1CC2CC(C1)N2Cc1ccc(O)nc1. The van der Waals surface area contributed by atoms with Gasteiger partial charge in [-0.1, -0.05) is 6.07 Å². The number of pyridine rings is 1. The number of piperazine rings is 1. The molecular weight excluding hydrogens is 238 g/mol. The largest absolute Gasteiger partial charge is 0.493 e. The summed E-state index contributed by atoms with van der Waals surface area (Å²) in [7, 11) is 0. The van der Waals surface area contributed by atoms with Gasteiger partial charge < -0.3 is 5.11 Å². The van der Waals surface area contributed by atoms with E-state index in [2.05, 4.69) is 35.6 Å². The van der Waals surface area contributed by atoms with E-state index in [9.17, 15) is 5.11 Å². The number of piperidine rings is 1. The highest BCUT2D eigenvalue weighted by molar-refractivity contribution is 5.18. The fourth-order valence-corrected chi connectivity index (χ4v) is 3.21.